The fourth-order valence-corrected chi connectivity index (χ4v) is 3.11. The van der Waals surface area contributed by atoms with Gasteiger partial charge < -0.3 is 5.73 Å². The Morgan fingerprint density at radius 2 is 1.63 bits per heavy atom. The molecule has 2 N–H and O–H groups in total. The van der Waals surface area contributed by atoms with Crippen LogP contribution in [0.25, 0.3) is 0 Å². The van der Waals surface area contributed by atoms with Crippen molar-refractivity contribution in [3.63, 3.8) is 0 Å². The molecule has 0 aromatic heterocycles. The standard InChI is InChI=1S/C12H14N4O2S/c13-7-3-9-16(10-4-8-14)19(17,18)12-6-2-1-5-11(12)15/h1-2,5-6H,3-4,9-10,15H2. The Hall–Kier alpha value is -2.09. The zero-order chi connectivity index (χ0) is 14.3. The lowest BCUT2D eigenvalue weighted by Gasteiger charge is -2.20. The van der Waals surface area contributed by atoms with Gasteiger partial charge in [0.1, 0.15) is 4.90 Å². The number of anilines is 1. The molecule has 0 heterocycles. The van der Waals surface area contributed by atoms with Gasteiger partial charge in [-0.3, -0.25) is 0 Å². The van der Waals surface area contributed by atoms with Crippen LogP contribution in [0.4, 0.5) is 5.69 Å². The summed E-state index contributed by atoms with van der Waals surface area (Å²) < 4.78 is 25.9. The van der Waals surface area contributed by atoms with Gasteiger partial charge in [0.2, 0.25) is 10.0 Å². The lowest BCUT2D eigenvalue weighted by molar-refractivity contribution is 0.425. The number of nitriles is 2. The molecule has 1 aromatic carbocycles. The quantitative estimate of drug-likeness (QED) is 0.783. The minimum absolute atomic E-state index is 0.00544. The molecule has 0 radical (unpaired) electrons. The van der Waals surface area contributed by atoms with E-state index in [1.165, 1.54) is 12.1 Å². The number of rotatable bonds is 6. The summed E-state index contributed by atoms with van der Waals surface area (Å²) >= 11 is 0. The van der Waals surface area contributed by atoms with E-state index >= 15 is 0 Å². The summed E-state index contributed by atoms with van der Waals surface area (Å²) in [5.41, 5.74) is 5.82. The van der Waals surface area contributed by atoms with E-state index in [1.807, 2.05) is 12.1 Å². The number of nitrogens with two attached hydrogens (primary N) is 1. The molecule has 0 aliphatic rings. The van der Waals surface area contributed by atoms with Gasteiger partial charge in [0, 0.05) is 25.9 Å². The van der Waals surface area contributed by atoms with Crippen molar-refractivity contribution < 1.29 is 8.42 Å². The SMILES string of the molecule is N#CCCN(CCC#N)S(=O)(=O)c1ccccc1N. The molecule has 0 aliphatic carbocycles. The average molecular weight is 278 g/mol. The Morgan fingerprint density at radius 3 is 2.11 bits per heavy atom. The third-order valence-corrected chi connectivity index (χ3v) is 4.46. The van der Waals surface area contributed by atoms with Crippen molar-refractivity contribution in [3.8, 4) is 12.1 Å². The molecule has 0 spiro atoms. The second kappa shape index (κ2) is 6.74. The van der Waals surface area contributed by atoms with Crippen LogP contribution < -0.4 is 5.73 Å². The molecule has 0 saturated carbocycles. The van der Waals surface area contributed by atoms with E-state index < -0.39 is 10.0 Å². The van der Waals surface area contributed by atoms with Crippen LogP contribution in [0.5, 0.6) is 0 Å². The van der Waals surface area contributed by atoms with E-state index in [9.17, 15) is 8.42 Å². The number of benzene rings is 1. The molecular formula is C12H14N4O2S. The molecule has 0 fully saturated rings. The second-order valence-corrected chi connectivity index (χ2v) is 5.66. The number of hydrogen-bond acceptors (Lipinski definition) is 5. The van der Waals surface area contributed by atoms with Gasteiger partial charge >= 0.3 is 0 Å². The molecular weight excluding hydrogens is 264 g/mol. The minimum Gasteiger partial charge on any atom is -0.398 e. The maximum atomic E-state index is 12.4. The lowest BCUT2D eigenvalue weighted by atomic mass is 10.3. The van der Waals surface area contributed by atoms with Crippen LogP contribution in [0.2, 0.25) is 0 Å². The van der Waals surface area contributed by atoms with Crippen molar-refractivity contribution in [1.82, 2.24) is 4.31 Å². The zero-order valence-electron chi connectivity index (χ0n) is 10.3. The van der Waals surface area contributed by atoms with Crippen LogP contribution in [0.3, 0.4) is 0 Å². The summed E-state index contributed by atoms with van der Waals surface area (Å²) in [5, 5.41) is 17.1. The minimum atomic E-state index is -3.77. The van der Waals surface area contributed by atoms with Gasteiger partial charge in [-0.05, 0) is 12.1 Å². The number of hydrogen-bond donors (Lipinski definition) is 1. The first-order valence-electron chi connectivity index (χ1n) is 5.62. The molecule has 0 unspecified atom stereocenters. The molecule has 0 atom stereocenters. The molecule has 19 heavy (non-hydrogen) atoms. The van der Waals surface area contributed by atoms with Crippen LogP contribution in [-0.2, 0) is 10.0 Å². The Morgan fingerprint density at radius 1 is 1.11 bits per heavy atom. The number of nitrogen functional groups attached to an aromatic ring is 1. The Bertz CT molecular complexity index is 595. The second-order valence-electron chi connectivity index (χ2n) is 3.76. The van der Waals surface area contributed by atoms with Gasteiger partial charge in [-0.2, -0.15) is 14.8 Å². The Kier molecular flexibility index (Phi) is 5.31. The molecule has 1 aromatic rings. The van der Waals surface area contributed by atoms with E-state index in [1.54, 1.807) is 12.1 Å². The van der Waals surface area contributed by atoms with Crippen molar-refractivity contribution >= 4 is 15.7 Å². The first-order chi connectivity index (χ1) is 9.04. The molecule has 0 amide bonds. The number of para-hydroxylation sites is 1. The topological polar surface area (TPSA) is 111 Å². The summed E-state index contributed by atoms with van der Waals surface area (Å²) in [5.74, 6) is 0. The Labute approximate surface area is 112 Å². The lowest BCUT2D eigenvalue weighted by Crippen LogP contribution is -2.33. The number of nitrogens with zero attached hydrogens (tertiary/aromatic N) is 3. The molecule has 0 saturated heterocycles. The van der Waals surface area contributed by atoms with E-state index in [4.69, 9.17) is 16.3 Å². The third-order valence-electron chi connectivity index (χ3n) is 2.48. The maximum absolute atomic E-state index is 12.4. The molecule has 1 rings (SSSR count). The van der Waals surface area contributed by atoms with Crippen molar-refractivity contribution in [3.05, 3.63) is 24.3 Å². The van der Waals surface area contributed by atoms with Crippen molar-refractivity contribution in [2.24, 2.45) is 0 Å². The van der Waals surface area contributed by atoms with E-state index in [2.05, 4.69) is 0 Å². The van der Waals surface area contributed by atoms with Crippen LogP contribution in [0.1, 0.15) is 12.8 Å². The van der Waals surface area contributed by atoms with Crippen LogP contribution in [-0.4, -0.2) is 25.8 Å². The fraction of sp³-hybridized carbons (Fsp3) is 0.333. The average Bonchev–Trinajstić information content (AvgIpc) is 2.39. The van der Waals surface area contributed by atoms with Crippen molar-refractivity contribution in [1.29, 1.82) is 10.5 Å². The van der Waals surface area contributed by atoms with E-state index in [0.29, 0.717) is 0 Å². The van der Waals surface area contributed by atoms with Crippen molar-refractivity contribution in [2.45, 2.75) is 17.7 Å². The monoisotopic (exact) mass is 278 g/mol. The Balaban J connectivity index is 3.09. The first kappa shape index (κ1) is 15.0. The van der Waals surface area contributed by atoms with Crippen LogP contribution in [0, 0.1) is 22.7 Å². The van der Waals surface area contributed by atoms with Gasteiger partial charge in [-0.25, -0.2) is 8.42 Å². The maximum Gasteiger partial charge on any atom is 0.245 e. The summed E-state index contributed by atoms with van der Waals surface area (Å²) in [7, 11) is -3.77. The predicted octanol–water partition coefficient (Wildman–Crippen LogP) is 1.09. The van der Waals surface area contributed by atoms with E-state index in [-0.39, 0.29) is 36.5 Å². The smallest absolute Gasteiger partial charge is 0.245 e. The van der Waals surface area contributed by atoms with Crippen molar-refractivity contribution in [2.75, 3.05) is 18.8 Å². The molecule has 0 bridgehead atoms. The first-order valence-corrected chi connectivity index (χ1v) is 7.06. The fourth-order valence-electron chi connectivity index (χ4n) is 1.56. The van der Waals surface area contributed by atoms with Gasteiger partial charge in [0.15, 0.2) is 0 Å². The van der Waals surface area contributed by atoms with Crippen LogP contribution >= 0.6 is 0 Å². The highest BCUT2D eigenvalue weighted by molar-refractivity contribution is 7.89. The van der Waals surface area contributed by atoms with Gasteiger partial charge in [0.25, 0.3) is 0 Å². The van der Waals surface area contributed by atoms with Gasteiger partial charge in [0.05, 0.1) is 17.8 Å². The summed E-state index contributed by atoms with van der Waals surface area (Å²) in [6.45, 7) is 0.101. The highest BCUT2D eigenvalue weighted by Crippen LogP contribution is 2.22. The third kappa shape index (κ3) is 3.68. The molecule has 0 aliphatic heterocycles. The summed E-state index contributed by atoms with van der Waals surface area (Å²) in [4.78, 5) is 0.00544. The highest BCUT2D eigenvalue weighted by Gasteiger charge is 2.25. The zero-order valence-corrected chi connectivity index (χ0v) is 11.1. The van der Waals surface area contributed by atoms with E-state index in [0.717, 1.165) is 4.31 Å². The summed E-state index contributed by atoms with van der Waals surface area (Å²) in [6.07, 6.45) is 0.134. The normalized spacial score (nSPS) is 10.9. The highest BCUT2D eigenvalue weighted by atomic mass is 32.2. The molecule has 100 valence electrons. The summed E-state index contributed by atoms with van der Waals surface area (Å²) in [6, 6.07) is 9.92. The van der Waals surface area contributed by atoms with Gasteiger partial charge in [-0.1, -0.05) is 12.1 Å². The number of sulfonamides is 1. The molecule has 6 nitrogen and oxygen atoms in total. The van der Waals surface area contributed by atoms with Gasteiger partial charge in [-0.15, -0.1) is 0 Å². The van der Waals surface area contributed by atoms with Crippen LogP contribution in [0.15, 0.2) is 29.2 Å². The largest absolute Gasteiger partial charge is 0.398 e. The molecule has 7 heteroatoms. The predicted molar refractivity (Wildman–Crippen MR) is 70.1 cm³/mol.